The van der Waals surface area contributed by atoms with Crippen molar-refractivity contribution in [1.82, 2.24) is 9.78 Å². The van der Waals surface area contributed by atoms with E-state index in [0.717, 1.165) is 21.5 Å². The van der Waals surface area contributed by atoms with Crippen LogP contribution in [0.25, 0.3) is 11.3 Å². The van der Waals surface area contributed by atoms with Gasteiger partial charge in [0.05, 0.1) is 11.7 Å². The summed E-state index contributed by atoms with van der Waals surface area (Å²) >= 11 is 3.46. The Kier molecular flexibility index (Phi) is 4.10. The normalized spacial score (nSPS) is 17.1. The van der Waals surface area contributed by atoms with Gasteiger partial charge in [-0.2, -0.15) is 5.10 Å². The van der Waals surface area contributed by atoms with Crippen molar-refractivity contribution in [1.29, 1.82) is 0 Å². The molecule has 3 nitrogen and oxygen atoms in total. The number of anilines is 1. The first-order valence-electron chi connectivity index (χ1n) is 7.35. The Bertz CT molecular complexity index is 566. The number of benzene rings is 1. The number of hydrogen-bond donors (Lipinski definition) is 1. The predicted octanol–water partition coefficient (Wildman–Crippen LogP) is 4.79. The summed E-state index contributed by atoms with van der Waals surface area (Å²) in [5.41, 5.74) is 8.27. The summed E-state index contributed by atoms with van der Waals surface area (Å²) in [7, 11) is 0. The zero-order chi connectivity index (χ0) is 13.9. The molecule has 0 saturated heterocycles. The van der Waals surface area contributed by atoms with Crippen LogP contribution in [-0.4, -0.2) is 9.78 Å². The molecule has 1 fully saturated rings. The van der Waals surface area contributed by atoms with E-state index in [9.17, 15) is 0 Å². The molecule has 0 bridgehead atoms. The van der Waals surface area contributed by atoms with Gasteiger partial charge in [0.2, 0.25) is 0 Å². The van der Waals surface area contributed by atoms with E-state index in [-0.39, 0.29) is 0 Å². The topological polar surface area (TPSA) is 43.8 Å². The van der Waals surface area contributed by atoms with Crippen LogP contribution in [-0.2, 0) is 0 Å². The fourth-order valence-electron chi connectivity index (χ4n) is 2.97. The molecule has 0 spiro atoms. The first-order chi connectivity index (χ1) is 9.74. The smallest absolute Gasteiger partial charge is 0.122 e. The van der Waals surface area contributed by atoms with Gasteiger partial charge in [-0.25, -0.2) is 4.68 Å². The SMILES string of the molecule is Nc1cc(-c2ccc(Br)cc2)nn1C1CCCCCC1. The van der Waals surface area contributed by atoms with Crippen LogP contribution in [0.1, 0.15) is 44.6 Å². The molecule has 0 unspecified atom stereocenters. The van der Waals surface area contributed by atoms with Crippen LogP contribution in [0.4, 0.5) is 5.82 Å². The summed E-state index contributed by atoms with van der Waals surface area (Å²) in [6.07, 6.45) is 7.67. The van der Waals surface area contributed by atoms with E-state index in [2.05, 4.69) is 28.1 Å². The third-order valence-electron chi connectivity index (χ3n) is 4.08. The van der Waals surface area contributed by atoms with Crippen molar-refractivity contribution in [3.8, 4) is 11.3 Å². The first kappa shape index (κ1) is 13.7. The summed E-state index contributed by atoms with van der Waals surface area (Å²) < 4.78 is 3.13. The van der Waals surface area contributed by atoms with E-state index in [1.807, 2.05) is 22.9 Å². The van der Waals surface area contributed by atoms with Crippen LogP contribution in [0.15, 0.2) is 34.8 Å². The Hall–Kier alpha value is -1.29. The Morgan fingerprint density at radius 2 is 1.70 bits per heavy atom. The predicted molar refractivity (Wildman–Crippen MR) is 86.5 cm³/mol. The lowest BCUT2D eigenvalue weighted by molar-refractivity contribution is 0.412. The van der Waals surface area contributed by atoms with Crippen molar-refractivity contribution in [2.75, 3.05) is 5.73 Å². The molecule has 1 aliphatic rings. The standard InChI is InChI=1S/C16H20BrN3/c17-13-9-7-12(8-10-13)15-11-16(18)20(19-15)14-5-3-1-2-4-6-14/h7-11,14H,1-6,18H2. The number of halogens is 1. The van der Waals surface area contributed by atoms with Crippen molar-refractivity contribution >= 4 is 21.7 Å². The van der Waals surface area contributed by atoms with E-state index in [1.54, 1.807) is 0 Å². The monoisotopic (exact) mass is 333 g/mol. The first-order valence-corrected chi connectivity index (χ1v) is 8.14. The largest absolute Gasteiger partial charge is 0.384 e. The molecule has 0 aliphatic heterocycles. The van der Waals surface area contributed by atoms with Gasteiger partial charge < -0.3 is 5.73 Å². The molecule has 0 radical (unpaired) electrons. The zero-order valence-corrected chi connectivity index (χ0v) is 13.1. The number of hydrogen-bond acceptors (Lipinski definition) is 2. The molecule has 2 aromatic rings. The molecule has 2 N–H and O–H groups in total. The second kappa shape index (κ2) is 6.00. The molecule has 1 aromatic heterocycles. The lowest BCUT2D eigenvalue weighted by Gasteiger charge is -2.16. The van der Waals surface area contributed by atoms with Crippen molar-refractivity contribution in [3.63, 3.8) is 0 Å². The van der Waals surface area contributed by atoms with Crippen LogP contribution in [0.2, 0.25) is 0 Å². The summed E-state index contributed by atoms with van der Waals surface area (Å²) in [6.45, 7) is 0. The summed E-state index contributed by atoms with van der Waals surface area (Å²) in [6, 6.07) is 10.7. The van der Waals surface area contributed by atoms with Crippen molar-refractivity contribution < 1.29 is 0 Å². The maximum absolute atomic E-state index is 6.18. The molecular formula is C16H20BrN3. The molecule has 1 saturated carbocycles. The molecule has 1 aromatic carbocycles. The third kappa shape index (κ3) is 2.90. The third-order valence-corrected chi connectivity index (χ3v) is 4.60. The van der Waals surface area contributed by atoms with Gasteiger partial charge in [0.15, 0.2) is 0 Å². The Labute approximate surface area is 128 Å². The van der Waals surface area contributed by atoms with Crippen molar-refractivity contribution in [2.24, 2.45) is 0 Å². The van der Waals surface area contributed by atoms with E-state index in [0.29, 0.717) is 6.04 Å². The number of nitrogens with two attached hydrogens (primary N) is 1. The fraction of sp³-hybridized carbons (Fsp3) is 0.438. The van der Waals surface area contributed by atoms with Crippen LogP contribution < -0.4 is 5.73 Å². The quantitative estimate of drug-likeness (QED) is 0.803. The van der Waals surface area contributed by atoms with Crippen LogP contribution in [0, 0.1) is 0 Å². The van der Waals surface area contributed by atoms with Gasteiger partial charge in [0.25, 0.3) is 0 Å². The fourth-order valence-corrected chi connectivity index (χ4v) is 3.23. The highest BCUT2D eigenvalue weighted by atomic mass is 79.9. The average Bonchev–Trinajstić information content (AvgIpc) is 2.67. The van der Waals surface area contributed by atoms with Crippen LogP contribution in [0.5, 0.6) is 0 Å². The van der Waals surface area contributed by atoms with Gasteiger partial charge in [-0.3, -0.25) is 0 Å². The minimum Gasteiger partial charge on any atom is -0.384 e. The highest BCUT2D eigenvalue weighted by Gasteiger charge is 2.18. The molecule has 20 heavy (non-hydrogen) atoms. The average molecular weight is 334 g/mol. The van der Waals surface area contributed by atoms with Gasteiger partial charge >= 0.3 is 0 Å². The Morgan fingerprint density at radius 3 is 2.35 bits per heavy atom. The Morgan fingerprint density at radius 1 is 1.05 bits per heavy atom. The zero-order valence-electron chi connectivity index (χ0n) is 11.6. The summed E-state index contributed by atoms with van der Waals surface area (Å²) in [4.78, 5) is 0. The molecular weight excluding hydrogens is 314 g/mol. The molecule has 106 valence electrons. The summed E-state index contributed by atoms with van der Waals surface area (Å²) in [5.74, 6) is 0.787. The van der Waals surface area contributed by atoms with Crippen molar-refractivity contribution in [2.45, 2.75) is 44.6 Å². The number of nitrogens with zero attached hydrogens (tertiary/aromatic N) is 2. The van der Waals surface area contributed by atoms with E-state index in [1.165, 1.54) is 38.5 Å². The van der Waals surface area contributed by atoms with E-state index in [4.69, 9.17) is 10.8 Å². The minimum atomic E-state index is 0.474. The summed E-state index contributed by atoms with van der Waals surface area (Å²) in [5, 5.41) is 4.75. The number of aromatic nitrogens is 2. The van der Waals surface area contributed by atoms with Gasteiger partial charge in [-0.15, -0.1) is 0 Å². The molecule has 1 heterocycles. The Balaban J connectivity index is 1.88. The number of rotatable bonds is 2. The maximum atomic E-state index is 6.18. The van der Waals surface area contributed by atoms with Gasteiger partial charge in [-0.1, -0.05) is 53.7 Å². The van der Waals surface area contributed by atoms with Crippen LogP contribution >= 0.6 is 15.9 Å². The second-order valence-electron chi connectivity index (χ2n) is 5.55. The van der Waals surface area contributed by atoms with Gasteiger partial charge in [0.1, 0.15) is 5.82 Å². The highest BCUT2D eigenvalue weighted by Crippen LogP contribution is 2.31. The minimum absolute atomic E-state index is 0.474. The molecule has 0 atom stereocenters. The second-order valence-corrected chi connectivity index (χ2v) is 6.47. The van der Waals surface area contributed by atoms with Gasteiger partial charge in [0, 0.05) is 16.1 Å². The lowest BCUT2D eigenvalue weighted by Crippen LogP contribution is -2.12. The highest BCUT2D eigenvalue weighted by molar-refractivity contribution is 9.10. The van der Waals surface area contributed by atoms with Crippen molar-refractivity contribution in [3.05, 3.63) is 34.8 Å². The molecule has 1 aliphatic carbocycles. The van der Waals surface area contributed by atoms with Gasteiger partial charge in [-0.05, 0) is 25.0 Å². The number of nitrogen functional groups attached to an aromatic ring is 1. The maximum Gasteiger partial charge on any atom is 0.122 e. The molecule has 0 amide bonds. The molecule has 4 heteroatoms. The van der Waals surface area contributed by atoms with Crippen LogP contribution in [0.3, 0.4) is 0 Å². The van der Waals surface area contributed by atoms with E-state index >= 15 is 0 Å². The molecule has 3 rings (SSSR count). The van der Waals surface area contributed by atoms with E-state index < -0.39 is 0 Å². The lowest BCUT2D eigenvalue weighted by atomic mass is 10.1.